The quantitative estimate of drug-likeness (QED) is 0.638. The largest absolute Gasteiger partial charge is 0.383 e. The van der Waals surface area contributed by atoms with Crippen LogP contribution in [0.4, 0.5) is 5.82 Å². The number of pyridine rings is 1. The van der Waals surface area contributed by atoms with Gasteiger partial charge in [-0.2, -0.15) is 0 Å². The standard InChI is InChI=1S/C7H5BrN2/c1-2-5-3-6(8)4-10-7(5)9/h1,3-4H,(H2,9,10). The predicted molar refractivity (Wildman–Crippen MR) is 44.3 cm³/mol. The van der Waals surface area contributed by atoms with Gasteiger partial charge in [-0.05, 0) is 22.0 Å². The van der Waals surface area contributed by atoms with E-state index in [9.17, 15) is 0 Å². The zero-order valence-corrected chi connectivity index (χ0v) is 6.72. The molecule has 0 spiro atoms. The number of hydrogen-bond donors (Lipinski definition) is 1. The van der Waals surface area contributed by atoms with Gasteiger partial charge < -0.3 is 5.73 Å². The summed E-state index contributed by atoms with van der Waals surface area (Å²) < 4.78 is 0.842. The number of hydrogen-bond acceptors (Lipinski definition) is 2. The van der Waals surface area contributed by atoms with Crippen molar-refractivity contribution in [1.29, 1.82) is 0 Å². The number of rotatable bonds is 0. The summed E-state index contributed by atoms with van der Waals surface area (Å²) in [6.45, 7) is 0. The Balaban J connectivity index is 3.25. The van der Waals surface area contributed by atoms with E-state index in [0.717, 1.165) is 4.47 Å². The van der Waals surface area contributed by atoms with E-state index < -0.39 is 0 Å². The molecule has 0 amide bonds. The Bertz CT molecular complexity index is 288. The summed E-state index contributed by atoms with van der Waals surface area (Å²) in [6.07, 6.45) is 6.74. The molecule has 3 heteroatoms. The van der Waals surface area contributed by atoms with Gasteiger partial charge in [-0.3, -0.25) is 0 Å². The van der Waals surface area contributed by atoms with E-state index >= 15 is 0 Å². The van der Waals surface area contributed by atoms with E-state index in [1.165, 1.54) is 0 Å². The maximum absolute atomic E-state index is 5.43. The average Bonchev–Trinajstić information content (AvgIpc) is 1.94. The van der Waals surface area contributed by atoms with Crippen molar-refractivity contribution in [3.05, 3.63) is 22.3 Å². The molecule has 0 saturated heterocycles. The van der Waals surface area contributed by atoms with Gasteiger partial charge in [0, 0.05) is 10.7 Å². The fourth-order valence-electron chi connectivity index (χ4n) is 0.565. The highest BCUT2D eigenvalue weighted by molar-refractivity contribution is 9.10. The van der Waals surface area contributed by atoms with Crippen LogP contribution in [-0.2, 0) is 0 Å². The molecular formula is C7H5BrN2. The minimum absolute atomic E-state index is 0.394. The van der Waals surface area contributed by atoms with Crippen molar-refractivity contribution < 1.29 is 0 Å². The first-order valence-corrected chi connectivity index (χ1v) is 3.41. The van der Waals surface area contributed by atoms with Crippen LogP contribution in [0.25, 0.3) is 0 Å². The van der Waals surface area contributed by atoms with E-state index in [1.807, 2.05) is 0 Å². The normalized spacial score (nSPS) is 8.80. The van der Waals surface area contributed by atoms with Gasteiger partial charge >= 0.3 is 0 Å². The van der Waals surface area contributed by atoms with Gasteiger partial charge in [-0.1, -0.05) is 5.92 Å². The number of aromatic nitrogens is 1. The number of nitrogens with two attached hydrogens (primary N) is 1. The summed E-state index contributed by atoms with van der Waals surface area (Å²) in [6, 6.07) is 1.75. The van der Waals surface area contributed by atoms with Gasteiger partial charge in [0.1, 0.15) is 5.82 Å². The first kappa shape index (κ1) is 7.10. The van der Waals surface area contributed by atoms with Crippen molar-refractivity contribution in [3.63, 3.8) is 0 Å². The third-order valence-corrected chi connectivity index (χ3v) is 1.47. The monoisotopic (exact) mass is 196 g/mol. The van der Waals surface area contributed by atoms with E-state index in [4.69, 9.17) is 12.2 Å². The molecule has 10 heavy (non-hydrogen) atoms. The minimum Gasteiger partial charge on any atom is -0.383 e. The Hall–Kier alpha value is -1.01. The van der Waals surface area contributed by atoms with Crippen molar-refractivity contribution >= 4 is 21.7 Å². The molecule has 0 fully saturated rings. The topological polar surface area (TPSA) is 38.9 Å². The zero-order chi connectivity index (χ0) is 7.56. The maximum Gasteiger partial charge on any atom is 0.139 e. The lowest BCUT2D eigenvalue weighted by molar-refractivity contribution is 1.30. The van der Waals surface area contributed by atoms with Gasteiger partial charge in [0.2, 0.25) is 0 Å². The van der Waals surface area contributed by atoms with Crippen LogP contribution < -0.4 is 5.73 Å². The summed E-state index contributed by atoms with van der Waals surface area (Å²) in [5.41, 5.74) is 6.05. The molecule has 1 rings (SSSR count). The van der Waals surface area contributed by atoms with Crippen molar-refractivity contribution in [1.82, 2.24) is 4.98 Å². The number of nitrogen functional groups attached to an aromatic ring is 1. The van der Waals surface area contributed by atoms with Crippen molar-refractivity contribution in [2.24, 2.45) is 0 Å². The van der Waals surface area contributed by atoms with Crippen LogP contribution in [-0.4, -0.2) is 4.98 Å². The van der Waals surface area contributed by atoms with Crippen molar-refractivity contribution in [2.75, 3.05) is 5.73 Å². The summed E-state index contributed by atoms with van der Waals surface area (Å²) in [5, 5.41) is 0. The van der Waals surface area contributed by atoms with Gasteiger partial charge in [-0.15, -0.1) is 6.42 Å². The van der Waals surface area contributed by atoms with Gasteiger partial charge in [0.15, 0.2) is 0 Å². The minimum atomic E-state index is 0.394. The Morgan fingerprint density at radius 2 is 2.40 bits per heavy atom. The van der Waals surface area contributed by atoms with Crippen LogP contribution in [0.3, 0.4) is 0 Å². The van der Waals surface area contributed by atoms with Gasteiger partial charge in [0.05, 0.1) is 5.56 Å². The molecule has 0 radical (unpaired) electrons. The van der Waals surface area contributed by atoms with Crippen molar-refractivity contribution in [3.8, 4) is 12.3 Å². The molecule has 0 bridgehead atoms. The Labute approximate surface area is 67.6 Å². The summed E-state index contributed by atoms with van der Waals surface area (Å²) in [5.74, 6) is 2.81. The van der Waals surface area contributed by atoms with E-state index in [0.29, 0.717) is 11.4 Å². The van der Waals surface area contributed by atoms with Crippen LogP contribution >= 0.6 is 15.9 Å². The predicted octanol–water partition coefficient (Wildman–Crippen LogP) is 1.41. The molecule has 50 valence electrons. The third-order valence-electron chi connectivity index (χ3n) is 1.04. The lowest BCUT2D eigenvalue weighted by Gasteiger charge is -1.95. The molecule has 1 aromatic heterocycles. The lowest BCUT2D eigenvalue weighted by Crippen LogP contribution is -1.93. The Morgan fingerprint density at radius 3 is 2.90 bits per heavy atom. The van der Waals surface area contributed by atoms with Crippen LogP contribution in [0, 0.1) is 12.3 Å². The SMILES string of the molecule is C#Cc1cc(Br)cnc1N. The Morgan fingerprint density at radius 1 is 1.70 bits per heavy atom. The van der Waals surface area contributed by atoms with Gasteiger partial charge in [-0.25, -0.2) is 4.98 Å². The lowest BCUT2D eigenvalue weighted by atomic mass is 10.3. The molecule has 0 saturated carbocycles. The molecule has 2 nitrogen and oxygen atoms in total. The van der Waals surface area contributed by atoms with Crippen LogP contribution in [0.15, 0.2) is 16.7 Å². The highest BCUT2D eigenvalue weighted by Crippen LogP contribution is 2.13. The molecule has 0 aliphatic rings. The summed E-state index contributed by atoms with van der Waals surface area (Å²) in [7, 11) is 0. The van der Waals surface area contributed by atoms with Crippen molar-refractivity contribution in [2.45, 2.75) is 0 Å². The fraction of sp³-hybridized carbons (Fsp3) is 0. The van der Waals surface area contributed by atoms with Crippen LogP contribution in [0.1, 0.15) is 5.56 Å². The number of halogens is 1. The number of nitrogens with zero attached hydrogens (tertiary/aromatic N) is 1. The highest BCUT2D eigenvalue weighted by Gasteiger charge is 1.95. The first-order valence-electron chi connectivity index (χ1n) is 2.61. The maximum atomic E-state index is 5.43. The zero-order valence-electron chi connectivity index (χ0n) is 5.13. The van der Waals surface area contributed by atoms with Crippen LogP contribution in [0.2, 0.25) is 0 Å². The molecular weight excluding hydrogens is 192 g/mol. The number of anilines is 1. The molecule has 0 aliphatic heterocycles. The molecule has 1 heterocycles. The molecule has 0 atom stereocenters. The summed E-state index contributed by atoms with van der Waals surface area (Å²) in [4.78, 5) is 3.84. The molecule has 2 N–H and O–H groups in total. The highest BCUT2D eigenvalue weighted by atomic mass is 79.9. The second kappa shape index (κ2) is 2.72. The van der Waals surface area contributed by atoms with E-state index in [-0.39, 0.29) is 0 Å². The second-order valence-corrected chi connectivity index (χ2v) is 2.65. The van der Waals surface area contributed by atoms with E-state index in [1.54, 1.807) is 12.3 Å². The molecule has 0 unspecified atom stereocenters. The second-order valence-electron chi connectivity index (χ2n) is 1.73. The van der Waals surface area contributed by atoms with Crippen LogP contribution in [0.5, 0.6) is 0 Å². The number of terminal acetylenes is 1. The molecule has 0 aliphatic carbocycles. The summed E-state index contributed by atoms with van der Waals surface area (Å²) >= 11 is 3.22. The van der Waals surface area contributed by atoms with Gasteiger partial charge in [0.25, 0.3) is 0 Å². The molecule has 1 aromatic rings. The van der Waals surface area contributed by atoms with E-state index in [2.05, 4.69) is 26.8 Å². The third kappa shape index (κ3) is 1.28. The smallest absolute Gasteiger partial charge is 0.139 e. The molecule has 0 aromatic carbocycles. The average molecular weight is 197 g/mol. The first-order chi connectivity index (χ1) is 4.74. The Kier molecular flexibility index (Phi) is 1.93. The fourth-order valence-corrected chi connectivity index (χ4v) is 0.897.